The van der Waals surface area contributed by atoms with E-state index in [1.54, 1.807) is 36.4 Å². The lowest BCUT2D eigenvalue weighted by Gasteiger charge is -2.04. The topological polar surface area (TPSA) is 87.7 Å². The highest BCUT2D eigenvalue weighted by atomic mass is 16.4. The summed E-state index contributed by atoms with van der Waals surface area (Å²) in [6, 6.07) is 11.5. The Balaban J connectivity index is 2.07. The summed E-state index contributed by atoms with van der Waals surface area (Å²) in [4.78, 5) is 11.3. The first kappa shape index (κ1) is 12.2. The van der Waals surface area contributed by atoms with Crippen LogP contribution in [0.5, 0.6) is 5.75 Å². The molecule has 0 bridgehead atoms. The number of pyridine rings is 1. The summed E-state index contributed by atoms with van der Waals surface area (Å²) in [6.45, 7) is 0. The van der Waals surface area contributed by atoms with Gasteiger partial charge in [-0.15, -0.1) is 10.2 Å². The minimum Gasteiger partial charge on any atom is -0.508 e. The van der Waals surface area contributed by atoms with E-state index in [-0.39, 0.29) is 11.4 Å². The van der Waals surface area contributed by atoms with Crippen molar-refractivity contribution < 1.29 is 15.0 Å². The zero-order valence-corrected chi connectivity index (χ0v) is 10.4. The molecule has 0 radical (unpaired) electrons. The molecule has 0 saturated carbocycles. The van der Waals surface area contributed by atoms with Crippen LogP contribution in [0.2, 0.25) is 0 Å². The van der Waals surface area contributed by atoms with E-state index in [4.69, 9.17) is 0 Å². The Morgan fingerprint density at radius 2 is 1.85 bits per heavy atom. The predicted octanol–water partition coefficient (Wildman–Crippen LogP) is 1.72. The Labute approximate surface area is 113 Å². The van der Waals surface area contributed by atoms with Crippen LogP contribution in [0.15, 0.2) is 42.5 Å². The number of phenolic OH excluding ortho intramolecular Hbond substituents is 1. The van der Waals surface area contributed by atoms with Gasteiger partial charge in [-0.3, -0.25) is 4.40 Å². The molecule has 0 unspecified atom stereocenters. The van der Waals surface area contributed by atoms with E-state index >= 15 is 0 Å². The molecular formula is C14H11N3O3. The van der Waals surface area contributed by atoms with Crippen molar-refractivity contribution >= 4 is 11.6 Å². The van der Waals surface area contributed by atoms with Gasteiger partial charge in [0.15, 0.2) is 5.65 Å². The van der Waals surface area contributed by atoms with Crippen LogP contribution in [0, 0.1) is 0 Å². The second-order valence-electron chi connectivity index (χ2n) is 4.37. The Kier molecular flexibility index (Phi) is 2.83. The van der Waals surface area contributed by atoms with Gasteiger partial charge in [-0.05, 0) is 29.8 Å². The smallest absolute Gasteiger partial charge is 0.352 e. The van der Waals surface area contributed by atoms with E-state index in [1.807, 2.05) is 0 Å². The maximum atomic E-state index is 11.3. The molecule has 0 aliphatic carbocycles. The molecule has 0 spiro atoms. The number of nitrogens with zero attached hydrogens (tertiary/aromatic N) is 3. The van der Waals surface area contributed by atoms with Crippen molar-refractivity contribution in [3.8, 4) is 5.75 Å². The molecule has 0 saturated heterocycles. The summed E-state index contributed by atoms with van der Waals surface area (Å²) in [5, 5.41) is 26.5. The number of fused-ring (bicyclic) bond motifs is 1. The molecule has 3 aromatic rings. The van der Waals surface area contributed by atoms with Gasteiger partial charge in [0.05, 0.1) is 0 Å². The van der Waals surface area contributed by atoms with Crippen molar-refractivity contribution in [1.82, 2.24) is 14.6 Å². The summed E-state index contributed by atoms with van der Waals surface area (Å²) in [7, 11) is 0. The van der Waals surface area contributed by atoms with Crippen molar-refractivity contribution in [2.24, 2.45) is 0 Å². The van der Waals surface area contributed by atoms with Crippen LogP contribution in [0.3, 0.4) is 0 Å². The number of aromatic carboxylic acids is 1. The summed E-state index contributed by atoms with van der Waals surface area (Å²) in [6.07, 6.45) is 0.436. The Bertz CT molecular complexity index is 778. The van der Waals surface area contributed by atoms with Gasteiger partial charge >= 0.3 is 5.97 Å². The molecule has 0 atom stereocenters. The highest BCUT2D eigenvalue weighted by Gasteiger charge is 2.14. The van der Waals surface area contributed by atoms with Crippen molar-refractivity contribution in [3.63, 3.8) is 0 Å². The fourth-order valence-electron chi connectivity index (χ4n) is 2.08. The van der Waals surface area contributed by atoms with Gasteiger partial charge in [-0.25, -0.2) is 4.79 Å². The number of benzene rings is 1. The third-order valence-corrected chi connectivity index (χ3v) is 3.01. The largest absolute Gasteiger partial charge is 0.508 e. The number of carboxylic acid groups (broad SMARTS) is 1. The summed E-state index contributed by atoms with van der Waals surface area (Å²) >= 11 is 0. The van der Waals surface area contributed by atoms with Gasteiger partial charge in [-0.2, -0.15) is 0 Å². The van der Waals surface area contributed by atoms with Crippen LogP contribution in [0.4, 0.5) is 0 Å². The SMILES string of the molecule is O=C(O)c1cccc2nnc(Cc3ccc(O)cc3)n12. The predicted molar refractivity (Wildman–Crippen MR) is 70.9 cm³/mol. The molecule has 1 aromatic carbocycles. The van der Waals surface area contributed by atoms with Gasteiger partial charge in [0.2, 0.25) is 0 Å². The van der Waals surface area contributed by atoms with Crippen LogP contribution in [0.1, 0.15) is 21.9 Å². The van der Waals surface area contributed by atoms with Crippen LogP contribution >= 0.6 is 0 Å². The fourth-order valence-corrected chi connectivity index (χ4v) is 2.08. The third kappa shape index (κ3) is 2.07. The number of carbonyl (C=O) groups is 1. The number of rotatable bonds is 3. The first-order valence-corrected chi connectivity index (χ1v) is 5.99. The second-order valence-corrected chi connectivity index (χ2v) is 4.37. The highest BCUT2D eigenvalue weighted by molar-refractivity contribution is 5.86. The summed E-state index contributed by atoms with van der Waals surface area (Å²) < 4.78 is 1.52. The number of phenols is 1. The maximum absolute atomic E-state index is 11.3. The maximum Gasteiger partial charge on any atom is 0.352 e. The zero-order chi connectivity index (χ0) is 14.1. The molecule has 2 heterocycles. The van der Waals surface area contributed by atoms with E-state index in [2.05, 4.69) is 10.2 Å². The molecule has 100 valence electrons. The van der Waals surface area contributed by atoms with Crippen molar-refractivity contribution in [1.29, 1.82) is 0 Å². The molecule has 0 amide bonds. The molecule has 0 aliphatic rings. The number of aromatic nitrogens is 3. The Morgan fingerprint density at radius 3 is 2.55 bits per heavy atom. The molecule has 20 heavy (non-hydrogen) atoms. The average Bonchev–Trinajstić information content (AvgIpc) is 2.84. The Morgan fingerprint density at radius 1 is 1.10 bits per heavy atom. The quantitative estimate of drug-likeness (QED) is 0.756. The first-order chi connectivity index (χ1) is 9.65. The third-order valence-electron chi connectivity index (χ3n) is 3.01. The molecule has 0 aliphatic heterocycles. The van der Waals surface area contributed by atoms with E-state index in [9.17, 15) is 15.0 Å². The van der Waals surface area contributed by atoms with Gasteiger partial charge in [0.25, 0.3) is 0 Å². The zero-order valence-electron chi connectivity index (χ0n) is 10.4. The standard InChI is InChI=1S/C14H11N3O3/c18-10-6-4-9(5-7-10)8-13-16-15-12-3-1-2-11(14(19)20)17(12)13/h1-7,18H,8H2,(H,19,20). The number of aromatic hydroxyl groups is 1. The monoisotopic (exact) mass is 269 g/mol. The summed E-state index contributed by atoms with van der Waals surface area (Å²) in [5.74, 6) is -0.294. The number of hydrogen-bond acceptors (Lipinski definition) is 4. The number of hydrogen-bond donors (Lipinski definition) is 2. The van der Waals surface area contributed by atoms with Crippen molar-refractivity contribution in [2.45, 2.75) is 6.42 Å². The molecule has 3 rings (SSSR count). The number of carboxylic acids is 1. The normalized spacial score (nSPS) is 10.8. The van der Waals surface area contributed by atoms with Crippen LogP contribution < -0.4 is 0 Å². The Hall–Kier alpha value is -2.89. The second kappa shape index (κ2) is 4.65. The lowest BCUT2D eigenvalue weighted by Crippen LogP contribution is -2.08. The van der Waals surface area contributed by atoms with Crippen LogP contribution in [-0.2, 0) is 6.42 Å². The van der Waals surface area contributed by atoms with Gasteiger partial charge in [0, 0.05) is 6.42 Å². The molecular weight excluding hydrogens is 258 g/mol. The van der Waals surface area contributed by atoms with Gasteiger partial charge < -0.3 is 10.2 Å². The van der Waals surface area contributed by atoms with Crippen LogP contribution in [-0.4, -0.2) is 30.8 Å². The minimum atomic E-state index is -1.03. The van der Waals surface area contributed by atoms with Crippen molar-refractivity contribution in [3.05, 3.63) is 59.5 Å². The molecule has 0 fully saturated rings. The molecule has 6 nitrogen and oxygen atoms in total. The fraction of sp³-hybridized carbons (Fsp3) is 0.0714. The van der Waals surface area contributed by atoms with E-state index < -0.39 is 5.97 Å². The van der Waals surface area contributed by atoms with E-state index in [0.29, 0.717) is 17.9 Å². The molecule has 2 N–H and O–H groups in total. The van der Waals surface area contributed by atoms with E-state index in [1.165, 1.54) is 10.5 Å². The lowest BCUT2D eigenvalue weighted by atomic mass is 10.1. The van der Waals surface area contributed by atoms with Gasteiger partial charge in [0.1, 0.15) is 17.3 Å². The van der Waals surface area contributed by atoms with Crippen LogP contribution in [0.25, 0.3) is 5.65 Å². The highest BCUT2D eigenvalue weighted by Crippen LogP contribution is 2.15. The van der Waals surface area contributed by atoms with Gasteiger partial charge in [-0.1, -0.05) is 18.2 Å². The first-order valence-electron chi connectivity index (χ1n) is 5.99. The lowest BCUT2D eigenvalue weighted by molar-refractivity contribution is 0.0688. The minimum absolute atomic E-state index is 0.126. The van der Waals surface area contributed by atoms with E-state index in [0.717, 1.165) is 5.56 Å². The van der Waals surface area contributed by atoms with Crippen molar-refractivity contribution in [2.75, 3.05) is 0 Å². The summed E-state index contributed by atoms with van der Waals surface area (Å²) in [5.41, 5.74) is 1.54. The average molecular weight is 269 g/mol. The molecule has 6 heteroatoms. The molecule has 2 aromatic heterocycles.